The first kappa shape index (κ1) is 7.31. The molecule has 0 aromatic carbocycles. The molecule has 0 radical (unpaired) electrons. The van der Waals surface area contributed by atoms with Gasteiger partial charge in [0.15, 0.2) is 0 Å². The Morgan fingerprint density at radius 1 is 1.58 bits per heavy atom. The lowest BCUT2D eigenvalue weighted by atomic mass is 10.2. The van der Waals surface area contributed by atoms with Gasteiger partial charge in [-0.25, -0.2) is 4.98 Å². The van der Waals surface area contributed by atoms with Gasteiger partial charge in [-0.2, -0.15) is 0 Å². The summed E-state index contributed by atoms with van der Waals surface area (Å²) in [6.07, 6.45) is 3.82. The predicted molar refractivity (Wildman–Crippen MR) is 48.6 cm³/mol. The van der Waals surface area contributed by atoms with E-state index in [9.17, 15) is 0 Å². The number of fused-ring (bicyclic) bond motifs is 1. The molecule has 0 aliphatic heterocycles. The van der Waals surface area contributed by atoms with E-state index in [0.29, 0.717) is 6.54 Å². The van der Waals surface area contributed by atoms with Gasteiger partial charge in [-0.1, -0.05) is 0 Å². The Balaban J connectivity index is 2.82. The van der Waals surface area contributed by atoms with Crippen LogP contribution in [0.4, 0.5) is 0 Å². The molecule has 0 spiro atoms. The predicted octanol–water partition coefficient (Wildman–Crippen LogP) is 1.03. The summed E-state index contributed by atoms with van der Waals surface area (Å²) in [7, 11) is 1.98. The van der Waals surface area contributed by atoms with Crippen LogP contribution in [-0.2, 0) is 13.6 Å². The number of rotatable bonds is 1. The smallest absolute Gasteiger partial charge is 0.139 e. The summed E-state index contributed by atoms with van der Waals surface area (Å²) < 4.78 is 2.00. The number of nitrogens with two attached hydrogens (primary N) is 1. The summed E-state index contributed by atoms with van der Waals surface area (Å²) in [6, 6.07) is 3.98. The van der Waals surface area contributed by atoms with Crippen LogP contribution in [-0.4, -0.2) is 9.55 Å². The third-order valence-corrected chi connectivity index (χ3v) is 2.04. The van der Waals surface area contributed by atoms with Gasteiger partial charge in [0.2, 0.25) is 0 Å². The third-order valence-electron chi connectivity index (χ3n) is 2.04. The average molecular weight is 161 g/mol. The Morgan fingerprint density at radius 3 is 3.17 bits per heavy atom. The van der Waals surface area contributed by atoms with Crippen molar-refractivity contribution in [2.24, 2.45) is 12.8 Å². The fourth-order valence-electron chi connectivity index (χ4n) is 1.46. The van der Waals surface area contributed by atoms with Gasteiger partial charge in [0.1, 0.15) is 5.65 Å². The van der Waals surface area contributed by atoms with Crippen molar-refractivity contribution in [1.82, 2.24) is 9.55 Å². The highest BCUT2D eigenvalue weighted by Crippen LogP contribution is 2.16. The second-order valence-corrected chi connectivity index (χ2v) is 2.84. The summed E-state index contributed by atoms with van der Waals surface area (Å²) in [5.74, 6) is 0. The standard InChI is InChI=1S/C9H11N3/c1-12-6-7(5-10)8-3-2-4-11-9(8)12/h2-4,6H,5,10H2,1H3. The lowest BCUT2D eigenvalue weighted by Gasteiger charge is -1.92. The van der Waals surface area contributed by atoms with Gasteiger partial charge in [0.25, 0.3) is 0 Å². The number of nitrogens with zero attached hydrogens (tertiary/aromatic N) is 2. The Kier molecular flexibility index (Phi) is 1.59. The fraction of sp³-hybridized carbons (Fsp3) is 0.222. The molecule has 0 fully saturated rings. The van der Waals surface area contributed by atoms with Crippen LogP contribution in [0, 0.1) is 0 Å². The maximum absolute atomic E-state index is 5.59. The first-order chi connectivity index (χ1) is 5.83. The van der Waals surface area contributed by atoms with Crippen molar-refractivity contribution in [2.75, 3.05) is 0 Å². The molecule has 0 aliphatic rings. The van der Waals surface area contributed by atoms with Crippen molar-refractivity contribution in [3.63, 3.8) is 0 Å². The maximum Gasteiger partial charge on any atom is 0.139 e. The maximum atomic E-state index is 5.59. The SMILES string of the molecule is Cn1cc(CN)c2cccnc21. The molecule has 2 N–H and O–H groups in total. The van der Waals surface area contributed by atoms with Crippen molar-refractivity contribution in [1.29, 1.82) is 0 Å². The van der Waals surface area contributed by atoms with Crippen LogP contribution in [0.25, 0.3) is 11.0 Å². The van der Waals surface area contributed by atoms with E-state index < -0.39 is 0 Å². The zero-order valence-corrected chi connectivity index (χ0v) is 6.99. The van der Waals surface area contributed by atoms with Crippen molar-refractivity contribution in [3.05, 3.63) is 30.1 Å². The van der Waals surface area contributed by atoms with Gasteiger partial charge in [-0.15, -0.1) is 0 Å². The lowest BCUT2D eigenvalue weighted by Crippen LogP contribution is -1.94. The molecular formula is C9H11N3. The molecule has 2 heterocycles. The Bertz CT molecular complexity index is 403. The molecule has 12 heavy (non-hydrogen) atoms. The van der Waals surface area contributed by atoms with Gasteiger partial charge in [-0.05, 0) is 17.7 Å². The van der Waals surface area contributed by atoms with E-state index in [2.05, 4.69) is 4.98 Å². The number of hydrogen-bond acceptors (Lipinski definition) is 2. The zero-order valence-electron chi connectivity index (χ0n) is 6.99. The van der Waals surface area contributed by atoms with Crippen molar-refractivity contribution in [3.8, 4) is 0 Å². The number of aryl methyl sites for hydroxylation is 1. The summed E-state index contributed by atoms with van der Waals surface area (Å²) >= 11 is 0. The number of hydrogen-bond donors (Lipinski definition) is 1. The van der Waals surface area contributed by atoms with E-state index in [1.807, 2.05) is 29.9 Å². The van der Waals surface area contributed by atoms with Crippen LogP contribution in [0.3, 0.4) is 0 Å². The van der Waals surface area contributed by atoms with E-state index in [1.54, 1.807) is 6.20 Å². The first-order valence-electron chi connectivity index (χ1n) is 3.92. The molecule has 0 aliphatic carbocycles. The van der Waals surface area contributed by atoms with E-state index >= 15 is 0 Å². The Labute approximate surface area is 70.8 Å². The molecule has 2 aromatic rings. The van der Waals surface area contributed by atoms with Crippen LogP contribution in [0.2, 0.25) is 0 Å². The highest BCUT2D eigenvalue weighted by molar-refractivity contribution is 5.80. The van der Waals surface area contributed by atoms with Crippen LogP contribution in [0.15, 0.2) is 24.5 Å². The Hall–Kier alpha value is -1.35. The Morgan fingerprint density at radius 2 is 2.42 bits per heavy atom. The zero-order chi connectivity index (χ0) is 8.55. The summed E-state index contributed by atoms with van der Waals surface area (Å²) in [6.45, 7) is 0.572. The molecular weight excluding hydrogens is 150 g/mol. The van der Waals surface area contributed by atoms with E-state index in [-0.39, 0.29) is 0 Å². The minimum Gasteiger partial charge on any atom is -0.335 e. The molecule has 2 aromatic heterocycles. The average Bonchev–Trinajstić information content (AvgIpc) is 2.44. The first-order valence-corrected chi connectivity index (χ1v) is 3.92. The molecule has 0 saturated heterocycles. The van der Waals surface area contributed by atoms with Gasteiger partial charge in [0, 0.05) is 31.4 Å². The van der Waals surface area contributed by atoms with Gasteiger partial charge >= 0.3 is 0 Å². The van der Waals surface area contributed by atoms with E-state index in [0.717, 1.165) is 16.6 Å². The summed E-state index contributed by atoms with van der Waals surface area (Å²) in [5.41, 5.74) is 7.74. The van der Waals surface area contributed by atoms with Crippen LogP contribution >= 0.6 is 0 Å². The molecule has 3 nitrogen and oxygen atoms in total. The molecule has 0 unspecified atom stereocenters. The monoisotopic (exact) mass is 161 g/mol. The van der Waals surface area contributed by atoms with E-state index in [1.165, 1.54) is 0 Å². The highest BCUT2D eigenvalue weighted by Gasteiger charge is 2.03. The van der Waals surface area contributed by atoms with Gasteiger partial charge in [0.05, 0.1) is 0 Å². The molecule has 2 rings (SSSR count). The summed E-state index contributed by atoms with van der Waals surface area (Å²) in [5, 5.41) is 1.16. The van der Waals surface area contributed by atoms with Crippen LogP contribution in [0.5, 0.6) is 0 Å². The molecule has 0 amide bonds. The second-order valence-electron chi connectivity index (χ2n) is 2.84. The minimum absolute atomic E-state index is 0.572. The normalized spacial score (nSPS) is 10.8. The molecule has 62 valence electrons. The molecule has 0 saturated carbocycles. The van der Waals surface area contributed by atoms with E-state index in [4.69, 9.17) is 5.73 Å². The van der Waals surface area contributed by atoms with Crippen molar-refractivity contribution in [2.45, 2.75) is 6.54 Å². The summed E-state index contributed by atoms with van der Waals surface area (Å²) in [4.78, 5) is 4.26. The van der Waals surface area contributed by atoms with Crippen molar-refractivity contribution < 1.29 is 0 Å². The minimum atomic E-state index is 0.572. The molecule has 0 atom stereocenters. The second kappa shape index (κ2) is 2.60. The molecule has 0 bridgehead atoms. The van der Waals surface area contributed by atoms with Gasteiger partial charge < -0.3 is 10.3 Å². The van der Waals surface area contributed by atoms with Crippen LogP contribution < -0.4 is 5.73 Å². The van der Waals surface area contributed by atoms with Crippen molar-refractivity contribution >= 4 is 11.0 Å². The largest absolute Gasteiger partial charge is 0.335 e. The third kappa shape index (κ3) is 0.905. The van der Waals surface area contributed by atoms with Gasteiger partial charge in [-0.3, -0.25) is 0 Å². The molecule has 3 heteroatoms. The van der Waals surface area contributed by atoms with Crippen LogP contribution in [0.1, 0.15) is 5.56 Å². The topological polar surface area (TPSA) is 43.8 Å². The number of pyridine rings is 1. The lowest BCUT2D eigenvalue weighted by molar-refractivity contribution is 0.933. The highest BCUT2D eigenvalue weighted by atomic mass is 15.0. The quantitative estimate of drug-likeness (QED) is 0.679. The number of aromatic nitrogens is 2. The fourth-order valence-corrected chi connectivity index (χ4v) is 1.46.